The van der Waals surface area contributed by atoms with Crippen LogP contribution in [0.25, 0.3) is 0 Å². The average Bonchev–Trinajstić information content (AvgIpc) is 3.40. The van der Waals surface area contributed by atoms with Crippen LogP contribution in [-0.4, -0.2) is 29.0 Å². The van der Waals surface area contributed by atoms with Crippen LogP contribution < -0.4 is 4.90 Å². The van der Waals surface area contributed by atoms with Crippen molar-refractivity contribution in [2.24, 2.45) is 11.8 Å². The number of carbonyl (C=O) groups is 4. The maximum Gasteiger partial charge on any atom is 0.241 e. The van der Waals surface area contributed by atoms with E-state index in [1.54, 1.807) is 54.6 Å². The summed E-state index contributed by atoms with van der Waals surface area (Å²) >= 11 is 3.42. The van der Waals surface area contributed by atoms with Crippen molar-refractivity contribution in [2.75, 3.05) is 4.90 Å². The predicted octanol–water partition coefficient (Wildman–Crippen LogP) is 4.45. The highest BCUT2D eigenvalue weighted by atomic mass is 79.9. The summed E-state index contributed by atoms with van der Waals surface area (Å²) in [5.74, 6) is -4.48. The Kier molecular flexibility index (Phi) is 4.53. The van der Waals surface area contributed by atoms with E-state index in [9.17, 15) is 19.2 Å². The van der Waals surface area contributed by atoms with Gasteiger partial charge in [-0.2, -0.15) is 0 Å². The molecule has 168 valence electrons. The molecule has 2 fully saturated rings. The number of benzene rings is 3. The number of ether oxygens (including phenoxy) is 1. The van der Waals surface area contributed by atoms with Crippen LogP contribution in [0, 0.1) is 18.8 Å². The number of nitrogens with zero attached hydrogens (tertiary/aromatic N) is 1. The second kappa shape index (κ2) is 7.29. The minimum atomic E-state index is -2.06. The normalized spacial score (nSPS) is 24.8. The van der Waals surface area contributed by atoms with E-state index >= 15 is 0 Å². The molecule has 0 bridgehead atoms. The fourth-order valence-electron chi connectivity index (χ4n) is 5.54. The molecular weight excluding hydrogens is 498 g/mol. The molecule has 2 amide bonds. The van der Waals surface area contributed by atoms with Crippen molar-refractivity contribution in [1.82, 2.24) is 0 Å². The summed E-state index contributed by atoms with van der Waals surface area (Å²) in [6.07, 6.45) is -0.920. The van der Waals surface area contributed by atoms with Gasteiger partial charge in [0, 0.05) is 15.6 Å². The number of rotatable bonds is 2. The van der Waals surface area contributed by atoms with Crippen LogP contribution >= 0.6 is 15.9 Å². The molecule has 6 nitrogen and oxygen atoms in total. The number of carbonyl (C=O) groups excluding carboxylic acids is 4. The van der Waals surface area contributed by atoms with Crippen molar-refractivity contribution in [2.45, 2.75) is 18.6 Å². The summed E-state index contributed by atoms with van der Waals surface area (Å²) in [7, 11) is 0. The number of imide groups is 1. The quantitative estimate of drug-likeness (QED) is 0.372. The third kappa shape index (κ3) is 2.59. The van der Waals surface area contributed by atoms with Gasteiger partial charge in [0.25, 0.3) is 0 Å². The second-order valence-corrected chi connectivity index (χ2v) is 9.71. The highest BCUT2D eigenvalue weighted by Gasteiger charge is 2.74. The lowest BCUT2D eigenvalue weighted by atomic mass is 9.77. The van der Waals surface area contributed by atoms with Crippen LogP contribution in [-0.2, 0) is 14.3 Å². The Hall–Kier alpha value is -3.42. The zero-order valence-electron chi connectivity index (χ0n) is 18.0. The van der Waals surface area contributed by atoms with E-state index in [-0.39, 0.29) is 11.1 Å². The monoisotopic (exact) mass is 515 g/mol. The summed E-state index contributed by atoms with van der Waals surface area (Å²) in [4.78, 5) is 56.3. The number of para-hydroxylation sites is 1. The van der Waals surface area contributed by atoms with Crippen LogP contribution in [0.2, 0.25) is 0 Å². The minimum absolute atomic E-state index is 0.218. The molecule has 0 radical (unpaired) electrons. The Labute approximate surface area is 203 Å². The van der Waals surface area contributed by atoms with Gasteiger partial charge in [0.1, 0.15) is 0 Å². The van der Waals surface area contributed by atoms with Gasteiger partial charge in [-0.3, -0.25) is 19.2 Å². The van der Waals surface area contributed by atoms with E-state index in [2.05, 4.69) is 15.9 Å². The van der Waals surface area contributed by atoms with E-state index in [0.717, 1.165) is 10.5 Å². The Bertz CT molecular complexity index is 1390. The first-order valence-electron chi connectivity index (χ1n) is 10.9. The minimum Gasteiger partial charge on any atom is -0.349 e. The Morgan fingerprint density at radius 1 is 0.824 bits per heavy atom. The lowest BCUT2D eigenvalue weighted by molar-refractivity contribution is -0.127. The first-order valence-corrected chi connectivity index (χ1v) is 11.7. The molecular formula is C27H18BrNO5. The number of hydrogen-bond acceptors (Lipinski definition) is 5. The van der Waals surface area contributed by atoms with Gasteiger partial charge in [-0.05, 0) is 40.5 Å². The van der Waals surface area contributed by atoms with Gasteiger partial charge in [-0.25, -0.2) is 4.90 Å². The number of Topliss-reactive ketones (excluding diaryl/α,β-unsaturated/α-hetero) is 2. The van der Waals surface area contributed by atoms with E-state index in [1.165, 1.54) is 0 Å². The smallest absolute Gasteiger partial charge is 0.241 e. The van der Waals surface area contributed by atoms with Crippen molar-refractivity contribution in [3.8, 4) is 0 Å². The molecule has 1 spiro atoms. The highest BCUT2D eigenvalue weighted by molar-refractivity contribution is 9.10. The zero-order valence-corrected chi connectivity index (χ0v) is 19.6. The first-order chi connectivity index (χ1) is 16.4. The summed E-state index contributed by atoms with van der Waals surface area (Å²) in [5.41, 5.74) is 0.335. The predicted molar refractivity (Wildman–Crippen MR) is 126 cm³/mol. The molecule has 2 aliphatic heterocycles. The number of aryl methyl sites for hydroxylation is 1. The molecule has 3 aromatic carbocycles. The van der Waals surface area contributed by atoms with Crippen LogP contribution in [0.3, 0.4) is 0 Å². The fourth-order valence-corrected chi connectivity index (χ4v) is 6.00. The lowest BCUT2D eigenvalue weighted by Crippen LogP contribution is -2.51. The maximum atomic E-state index is 13.9. The Morgan fingerprint density at radius 2 is 1.47 bits per heavy atom. The van der Waals surface area contributed by atoms with Gasteiger partial charge in [0.15, 0.2) is 0 Å². The van der Waals surface area contributed by atoms with Crippen LogP contribution in [0.5, 0.6) is 0 Å². The number of amides is 2. The largest absolute Gasteiger partial charge is 0.349 e. The highest BCUT2D eigenvalue weighted by Crippen LogP contribution is 2.58. The van der Waals surface area contributed by atoms with E-state index < -0.39 is 46.9 Å². The average molecular weight is 516 g/mol. The molecule has 6 rings (SSSR count). The molecule has 3 atom stereocenters. The van der Waals surface area contributed by atoms with Crippen LogP contribution in [0.4, 0.5) is 5.69 Å². The van der Waals surface area contributed by atoms with E-state index in [0.29, 0.717) is 15.7 Å². The van der Waals surface area contributed by atoms with Crippen molar-refractivity contribution in [3.63, 3.8) is 0 Å². The number of fused-ring (bicyclic) bond motifs is 3. The van der Waals surface area contributed by atoms with Crippen molar-refractivity contribution in [3.05, 3.63) is 99.5 Å². The van der Waals surface area contributed by atoms with Crippen LogP contribution in [0.1, 0.15) is 37.9 Å². The third-order valence-corrected chi connectivity index (χ3v) is 7.65. The van der Waals surface area contributed by atoms with Gasteiger partial charge < -0.3 is 4.74 Å². The molecule has 34 heavy (non-hydrogen) atoms. The molecule has 7 heteroatoms. The molecule has 2 saturated heterocycles. The standard InChI is InChI=1S/C27H18BrNO5/c1-14-7-6-8-15(13-14)22-20-21(26(33)29(25(20)32)19-12-5-4-11-18(19)28)27(34-22)23(30)16-9-2-3-10-17(16)24(27)31/h2-13,20-22H,1H3/t20-,21-,22-/m1/s1. The van der Waals surface area contributed by atoms with Gasteiger partial charge in [-0.15, -0.1) is 0 Å². The topological polar surface area (TPSA) is 80.8 Å². The Balaban J connectivity index is 1.57. The van der Waals surface area contributed by atoms with Gasteiger partial charge in [0.05, 0.1) is 23.6 Å². The van der Waals surface area contributed by atoms with E-state index in [1.807, 2.05) is 25.1 Å². The number of hydrogen-bond donors (Lipinski definition) is 0. The molecule has 3 aromatic rings. The zero-order chi connectivity index (χ0) is 23.8. The van der Waals surface area contributed by atoms with Crippen LogP contribution in [0.15, 0.2) is 77.3 Å². The van der Waals surface area contributed by atoms with Gasteiger partial charge in [0.2, 0.25) is 29.0 Å². The Morgan fingerprint density at radius 3 is 2.12 bits per heavy atom. The first kappa shape index (κ1) is 21.1. The SMILES string of the molecule is Cc1cccc([C@H]2OC3(C(=O)c4ccccc4C3=O)[C@H]3C(=O)N(c4ccccc4Br)C(=O)[C@@H]23)c1. The van der Waals surface area contributed by atoms with E-state index in [4.69, 9.17) is 4.74 Å². The van der Waals surface area contributed by atoms with Crippen molar-refractivity contribution < 1.29 is 23.9 Å². The number of ketones is 2. The van der Waals surface area contributed by atoms with Gasteiger partial charge in [-0.1, -0.05) is 66.2 Å². The number of anilines is 1. The molecule has 2 heterocycles. The van der Waals surface area contributed by atoms with Crippen molar-refractivity contribution >= 4 is 45.0 Å². The molecule has 0 N–H and O–H groups in total. The number of halogens is 1. The summed E-state index contributed by atoms with van der Waals surface area (Å²) in [6, 6.07) is 20.7. The molecule has 3 aliphatic rings. The molecule has 0 saturated carbocycles. The fraction of sp³-hybridized carbons (Fsp3) is 0.185. The molecule has 1 aliphatic carbocycles. The summed E-state index contributed by atoms with van der Waals surface area (Å²) in [6.45, 7) is 1.91. The molecule has 0 unspecified atom stereocenters. The third-order valence-electron chi connectivity index (χ3n) is 6.98. The second-order valence-electron chi connectivity index (χ2n) is 8.86. The molecule has 0 aromatic heterocycles. The summed E-state index contributed by atoms with van der Waals surface area (Å²) < 4.78 is 6.86. The summed E-state index contributed by atoms with van der Waals surface area (Å²) in [5, 5.41) is 0. The van der Waals surface area contributed by atoms with Gasteiger partial charge >= 0.3 is 0 Å². The lowest BCUT2D eigenvalue weighted by Gasteiger charge is -2.27. The maximum absolute atomic E-state index is 13.9. The van der Waals surface area contributed by atoms with Crippen molar-refractivity contribution in [1.29, 1.82) is 0 Å².